The van der Waals surface area contributed by atoms with E-state index in [2.05, 4.69) is 50.4 Å². The van der Waals surface area contributed by atoms with Crippen molar-refractivity contribution in [3.63, 3.8) is 0 Å². The predicted octanol–water partition coefficient (Wildman–Crippen LogP) is -2.42. The normalized spacial score (nSPS) is 22.6. The Bertz CT molecular complexity index is 1790. The van der Waals surface area contributed by atoms with E-state index in [9.17, 15) is 57.9 Å². The second kappa shape index (κ2) is 19.5. The third-order valence-electron chi connectivity index (χ3n) is 7.23. The molecule has 1 fully saturated rings. The van der Waals surface area contributed by atoms with E-state index >= 15 is 0 Å². The zero-order valence-corrected chi connectivity index (χ0v) is 33.6. The van der Waals surface area contributed by atoms with Gasteiger partial charge < -0.3 is 40.3 Å². The molecule has 8 atom stereocenters. The van der Waals surface area contributed by atoms with Gasteiger partial charge >= 0.3 is 131 Å². The Kier molecular flexibility index (Phi) is 16.7. The molecule has 3 heterocycles. The van der Waals surface area contributed by atoms with E-state index in [1.165, 1.54) is 13.8 Å². The third kappa shape index (κ3) is 13.6. The van der Waals surface area contributed by atoms with Gasteiger partial charge in [-0.15, -0.1) is 0 Å². The van der Waals surface area contributed by atoms with Gasteiger partial charge in [-0.1, -0.05) is 13.8 Å². The summed E-state index contributed by atoms with van der Waals surface area (Å²) in [6, 6.07) is -0.650. The van der Waals surface area contributed by atoms with Crippen LogP contribution in [-0.4, -0.2) is 145 Å². The molecule has 0 aromatic carbocycles. The van der Waals surface area contributed by atoms with Crippen LogP contribution in [0.25, 0.3) is 11.2 Å². The summed E-state index contributed by atoms with van der Waals surface area (Å²) in [4.78, 5) is 87.0. The van der Waals surface area contributed by atoms with Gasteiger partial charge in [0, 0.05) is 5.41 Å². The molecule has 25 nitrogen and oxygen atoms in total. The molecule has 2 aromatic heterocycles. The first-order valence-electron chi connectivity index (χ1n) is 15.4. The van der Waals surface area contributed by atoms with Crippen LogP contribution in [-0.2, 0) is 50.7 Å². The molecule has 2 aromatic rings. The maximum absolute atomic E-state index is 12.6. The molecule has 0 aliphatic carbocycles. The van der Waals surface area contributed by atoms with E-state index in [-0.39, 0.29) is 47.4 Å². The van der Waals surface area contributed by atoms with Gasteiger partial charge in [-0.05, 0) is 0 Å². The zero-order valence-electron chi connectivity index (χ0n) is 28.3. The van der Waals surface area contributed by atoms with Crippen molar-refractivity contribution in [2.45, 2.75) is 62.3 Å². The van der Waals surface area contributed by atoms with E-state index in [4.69, 9.17) is 25.3 Å². The number of nitrogens with zero attached hydrogens (tertiary/aromatic N) is 4. The van der Waals surface area contributed by atoms with Gasteiger partial charge in [0.05, 0.1) is 19.5 Å². The van der Waals surface area contributed by atoms with Crippen LogP contribution in [0.3, 0.4) is 0 Å². The minimum absolute atomic E-state index is 0.0277. The van der Waals surface area contributed by atoms with E-state index in [1.807, 2.05) is 0 Å². The monoisotopic (exact) mass is 917 g/mol. The Morgan fingerprint density at radius 1 is 1.09 bits per heavy atom. The molecule has 0 saturated carbocycles. The van der Waals surface area contributed by atoms with Crippen molar-refractivity contribution in [2.75, 3.05) is 37.8 Å². The zero-order chi connectivity index (χ0) is 40.6. The van der Waals surface area contributed by atoms with Gasteiger partial charge in [0.25, 0.3) is 0 Å². The van der Waals surface area contributed by atoms with E-state index in [0.29, 0.717) is 5.32 Å². The third-order valence-corrected chi connectivity index (χ3v) is 12.1. The van der Waals surface area contributed by atoms with Gasteiger partial charge in [-0.25, -0.2) is 28.6 Å². The molecule has 2 amide bonds. The molecule has 3 rings (SSSR count). The number of aromatic nitrogens is 4. The van der Waals surface area contributed by atoms with E-state index < -0.39 is 90.6 Å². The van der Waals surface area contributed by atoms with Gasteiger partial charge in [-0.2, -0.15) is 4.31 Å². The van der Waals surface area contributed by atoms with Crippen LogP contribution in [0.4, 0.5) is 5.82 Å². The molecule has 305 valence electrons. The summed E-state index contributed by atoms with van der Waals surface area (Å²) >= 11 is 3.61. The molecule has 0 spiro atoms. The summed E-state index contributed by atoms with van der Waals surface area (Å²) < 4.78 is 62.0. The van der Waals surface area contributed by atoms with Gasteiger partial charge in [0.2, 0.25) is 0 Å². The number of nitrogens with two attached hydrogens (primary N) is 2. The summed E-state index contributed by atoms with van der Waals surface area (Å²) in [5, 5.41) is 26.4. The van der Waals surface area contributed by atoms with Crippen LogP contribution >= 0.6 is 35.2 Å². The van der Waals surface area contributed by atoms with Crippen LogP contribution in [0.15, 0.2) is 12.7 Å². The van der Waals surface area contributed by atoms with E-state index in [1.54, 1.807) is 0 Å². The summed E-state index contributed by atoms with van der Waals surface area (Å²) in [5.41, 5.74) is 9.84. The topological polar surface area (TPSA) is 390 Å². The number of aliphatic hydroxyl groups is 2. The van der Waals surface area contributed by atoms with Crippen molar-refractivity contribution < 1.29 is 80.5 Å². The van der Waals surface area contributed by atoms with Crippen molar-refractivity contribution in [1.29, 1.82) is 0 Å². The Hall–Kier alpha value is -1.96. The fourth-order valence-corrected chi connectivity index (χ4v) is 8.54. The predicted molar refractivity (Wildman–Crippen MR) is 186 cm³/mol. The molecular weight excluding hydrogens is 876 g/mol. The first-order valence-corrected chi connectivity index (χ1v) is 22.1. The average molecular weight is 917 g/mol. The number of carbonyl (C=O) groups is 3. The van der Waals surface area contributed by atoms with E-state index in [0.717, 1.165) is 29.0 Å². The second-order valence-electron chi connectivity index (χ2n) is 12.0. The van der Waals surface area contributed by atoms with Crippen LogP contribution in [0, 0.1) is 5.41 Å². The second-order valence-corrected chi connectivity index (χ2v) is 18.0. The van der Waals surface area contributed by atoms with Gasteiger partial charge in [0.15, 0.2) is 17.7 Å². The quantitative estimate of drug-likeness (QED) is 0.0354. The number of anilines is 1. The summed E-state index contributed by atoms with van der Waals surface area (Å²) in [5.74, 6) is -1.22. The summed E-state index contributed by atoms with van der Waals surface area (Å²) in [7, 11) is -16.4. The number of phosphoric acid groups is 3. The number of amides is 2. The fraction of sp³-hybridized carbons (Fsp3) is 0.667. The first-order chi connectivity index (χ1) is 25.0. The first kappa shape index (κ1) is 46.4. The van der Waals surface area contributed by atoms with Crippen molar-refractivity contribution >= 4 is 85.2 Å². The van der Waals surface area contributed by atoms with Crippen molar-refractivity contribution in [3.05, 3.63) is 12.7 Å². The Morgan fingerprint density at radius 3 is 2.41 bits per heavy atom. The van der Waals surface area contributed by atoms with Crippen molar-refractivity contribution in [2.24, 2.45) is 11.1 Å². The average Bonchev–Trinajstić information content (AvgIpc) is 3.64. The summed E-state index contributed by atoms with van der Waals surface area (Å²) in [6.45, 7) is 0.402. The number of nitrogens with one attached hydrogen (secondary N) is 2. The number of thioether (sulfide) groups is 1. The number of nitrogen functional groups attached to an aromatic ring is 1. The molecule has 8 unspecified atom stereocenters. The van der Waals surface area contributed by atoms with Crippen LogP contribution in [0.5, 0.6) is 0 Å². The summed E-state index contributed by atoms with van der Waals surface area (Å²) in [6.07, 6.45) is -6.96. The number of rotatable bonds is 21. The standard InChI is InChI=1S/C24H40N8O17P3SSe/c1-24(2,18(35)21(36)28-4-3-14(33)27-5-6-53-23(37)12(25)8-54)9-46-52(43,44)49-51(41,42)45-7-13-17(48-50(38,39)40)16(34)22(47-13)32-11-31-15-19(26)29-10-30-20(15)32/h10-13,16-18,22,34-35H,3-9,25H2,1-2H3,(H,27,33)(H,28,36)(H,41,42)(H,43,44)(H2,26,29,30)(H2,38,39,40). The Morgan fingerprint density at radius 2 is 1.76 bits per heavy atom. The fourth-order valence-electron chi connectivity index (χ4n) is 4.46. The minimum atomic E-state index is -5.57. The number of ether oxygens (including phenoxy) is 1. The molecule has 1 saturated heterocycles. The number of hydrogen-bond acceptors (Lipinski definition) is 19. The van der Waals surface area contributed by atoms with Crippen molar-refractivity contribution in [3.8, 4) is 0 Å². The van der Waals surface area contributed by atoms with Crippen LogP contribution in [0.1, 0.15) is 26.5 Å². The molecule has 12 N–H and O–H groups in total. The molecule has 1 radical (unpaired) electrons. The number of imidazole rings is 1. The van der Waals surface area contributed by atoms with Gasteiger partial charge in [0.1, 0.15) is 36.3 Å². The van der Waals surface area contributed by atoms with Crippen molar-refractivity contribution in [1.82, 2.24) is 30.2 Å². The molecule has 1 aliphatic heterocycles. The van der Waals surface area contributed by atoms with Crippen LogP contribution in [0.2, 0.25) is 5.32 Å². The molecule has 1 aliphatic rings. The number of hydrogen-bond donors (Lipinski definition) is 10. The molecule has 30 heteroatoms. The Balaban J connectivity index is 1.51. The number of fused-ring (bicyclic) bond motifs is 1. The Labute approximate surface area is 318 Å². The molecular formula is C24H40N8O17P3SSe. The van der Waals surface area contributed by atoms with Gasteiger partial charge in [-0.3, -0.25) is 22.9 Å². The number of aliphatic hydroxyl groups excluding tert-OH is 2. The van der Waals surface area contributed by atoms with Crippen LogP contribution < -0.4 is 22.1 Å². The maximum atomic E-state index is 12.6. The molecule has 54 heavy (non-hydrogen) atoms. The number of phosphoric ester groups is 3. The number of carbonyl (C=O) groups excluding carboxylic acids is 3. The molecule has 0 bridgehead atoms. The SMILES string of the molecule is CC(C)(COP(=O)(O)OP(=O)(O)OCC1OC(n2cnc3c(N)ncnc32)C(O)C1OP(=O)(O)O)C(O)C(=O)NCCC(=O)NCCSC(=O)C(N)C[Se].